The van der Waals surface area contributed by atoms with Gasteiger partial charge in [0.25, 0.3) is 0 Å². The monoisotopic (exact) mass is 191 g/mol. The van der Waals surface area contributed by atoms with E-state index in [4.69, 9.17) is 4.74 Å². The van der Waals surface area contributed by atoms with Gasteiger partial charge in [-0.05, 0) is 37.5 Å². The van der Waals surface area contributed by atoms with E-state index in [1.54, 1.807) is 19.1 Å². The Morgan fingerprint density at radius 1 is 1.36 bits per heavy atom. The molecule has 1 rings (SSSR count). The van der Waals surface area contributed by atoms with Gasteiger partial charge in [-0.2, -0.15) is 0 Å². The van der Waals surface area contributed by atoms with Crippen molar-refractivity contribution in [3.8, 4) is 0 Å². The largest absolute Gasteiger partial charge is 0.462 e. The summed E-state index contributed by atoms with van der Waals surface area (Å²) in [7, 11) is 0. The van der Waals surface area contributed by atoms with Crippen LogP contribution in [0.4, 0.5) is 0 Å². The molecule has 75 valence electrons. The number of carbonyl (C=O) groups excluding carboxylic acids is 1. The highest BCUT2D eigenvalue weighted by Crippen LogP contribution is 2.07. The third kappa shape index (κ3) is 2.87. The molecule has 1 aromatic rings. The summed E-state index contributed by atoms with van der Waals surface area (Å²) in [5.74, 6) is -0.256. The lowest BCUT2D eigenvalue weighted by Crippen LogP contribution is -2.04. The molecule has 0 heterocycles. The fourth-order valence-electron chi connectivity index (χ4n) is 1.23. The van der Waals surface area contributed by atoms with Gasteiger partial charge in [0.1, 0.15) is 0 Å². The van der Waals surface area contributed by atoms with E-state index in [-0.39, 0.29) is 5.97 Å². The minimum Gasteiger partial charge on any atom is -0.462 e. The van der Waals surface area contributed by atoms with Crippen molar-refractivity contribution in [2.45, 2.75) is 19.8 Å². The number of benzene rings is 1. The predicted molar refractivity (Wildman–Crippen MR) is 56.1 cm³/mol. The maximum Gasteiger partial charge on any atom is 0.338 e. The van der Waals surface area contributed by atoms with Crippen molar-refractivity contribution in [3.05, 3.63) is 42.3 Å². The minimum absolute atomic E-state index is 0.256. The van der Waals surface area contributed by atoms with Crippen molar-refractivity contribution < 1.29 is 9.53 Å². The van der Waals surface area contributed by atoms with Gasteiger partial charge in [-0.3, -0.25) is 0 Å². The number of ether oxygens (including phenoxy) is 1. The van der Waals surface area contributed by atoms with Gasteiger partial charge in [-0.25, -0.2) is 4.79 Å². The highest BCUT2D eigenvalue weighted by molar-refractivity contribution is 5.89. The zero-order chi connectivity index (χ0) is 10.4. The molecule has 0 aliphatic carbocycles. The van der Waals surface area contributed by atoms with Gasteiger partial charge in [0.2, 0.25) is 0 Å². The Balaban J connectivity index is 2.67. The molecule has 2 nitrogen and oxygen atoms in total. The SMILES string of the molecule is [CH2]CCc1ccc(C(=O)OCC)cc1. The lowest BCUT2D eigenvalue weighted by atomic mass is 10.1. The Labute approximate surface area is 84.9 Å². The van der Waals surface area contributed by atoms with Crippen molar-refractivity contribution in [3.63, 3.8) is 0 Å². The zero-order valence-electron chi connectivity index (χ0n) is 8.45. The topological polar surface area (TPSA) is 26.3 Å². The van der Waals surface area contributed by atoms with Gasteiger partial charge >= 0.3 is 5.97 Å². The van der Waals surface area contributed by atoms with Crippen LogP contribution in [-0.2, 0) is 11.2 Å². The van der Waals surface area contributed by atoms with E-state index in [0.717, 1.165) is 12.8 Å². The molecule has 0 fully saturated rings. The van der Waals surface area contributed by atoms with Crippen molar-refractivity contribution in [2.75, 3.05) is 6.61 Å². The second kappa shape index (κ2) is 5.43. The molecule has 0 aliphatic rings. The Kier molecular flexibility index (Phi) is 4.17. The number of rotatable bonds is 4. The molecular formula is C12H15O2. The normalized spacial score (nSPS) is 9.86. The summed E-state index contributed by atoms with van der Waals surface area (Å²) in [6.07, 6.45) is 1.82. The van der Waals surface area contributed by atoms with Crippen LogP contribution in [0.3, 0.4) is 0 Å². The Hall–Kier alpha value is -1.31. The van der Waals surface area contributed by atoms with E-state index in [1.807, 2.05) is 12.1 Å². The molecular weight excluding hydrogens is 176 g/mol. The Bertz CT molecular complexity index is 288. The summed E-state index contributed by atoms with van der Waals surface area (Å²) in [6, 6.07) is 7.47. The van der Waals surface area contributed by atoms with E-state index in [2.05, 4.69) is 6.92 Å². The van der Waals surface area contributed by atoms with Gasteiger partial charge in [-0.1, -0.05) is 19.1 Å². The summed E-state index contributed by atoms with van der Waals surface area (Å²) >= 11 is 0. The zero-order valence-corrected chi connectivity index (χ0v) is 8.45. The van der Waals surface area contributed by atoms with Gasteiger partial charge in [0.05, 0.1) is 12.2 Å². The molecule has 0 saturated heterocycles. The molecule has 0 unspecified atom stereocenters. The number of esters is 1. The van der Waals surface area contributed by atoms with Crippen LogP contribution in [0.25, 0.3) is 0 Å². The summed E-state index contributed by atoms with van der Waals surface area (Å²) in [6.45, 7) is 5.99. The molecule has 1 radical (unpaired) electrons. The molecule has 0 aromatic heterocycles. The second-order valence-corrected chi connectivity index (χ2v) is 3.02. The molecule has 0 atom stereocenters. The van der Waals surface area contributed by atoms with Gasteiger partial charge < -0.3 is 4.74 Å². The number of hydrogen-bond donors (Lipinski definition) is 0. The second-order valence-electron chi connectivity index (χ2n) is 3.02. The number of aryl methyl sites for hydroxylation is 1. The first-order chi connectivity index (χ1) is 6.77. The van der Waals surface area contributed by atoms with Crippen molar-refractivity contribution in [2.24, 2.45) is 0 Å². The molecule has 0 N–H and O–H groups in total. The van der Waals surface area contributed by atoms with E-state index in [9.17, 15) is 4.79 Å². The first-order valence-electron chi connectivity index (χ1n) is 4.83. The van der Waals surface area contributed by atoms with Crippen molar-refractivity contribution >= 4 is 5.97 Å². The quantitative estimate of drug-likeness (QED) is 0.684. The Morgan fingerprint density at radius 2 is 2.00 bits per heavy atom. The highest BCUT2D eigenvalue weighted by Gasteiger charge is 2.04. The summed E-state index contributed by atoms with van der Waals surface area (Å²) < 4.78 is 4.88. The molecule has 0 aliphatic heterocycles. The maximum atomic E-state index is 11.3. The standard InChI is InChI=1S/C12H15O2/c1-3-5-10-6-8-11(9-7-10)12(13)14-4-2/h6-9H,1,3-5H2,2H3. The maximum absolute atomic E-state index is 11.3. The van der Waals surface area contributed by atoms with Crippen LogP contribution in [0.5, 0.6) is 0 Å². The summed E-state index contributed by atoms with van der Waals surface area (Å²) in [5, 5.41) is 0. The molecule has 0 saturated carbocycles. The average Bonchev–Trinajstić information content (AvgIpc) is 2.20. The molecule has 0 amide bonds. The lowest BCUT2D eigenvalue weighted by Gasteiger charge is -2.02. The van der Waals surface area contributed by atoms with Crippen LogP contribution in [0.2, 0.25) is 0 Å². The first-order valence-corrected chi connectivity index (χ1v) is 4.83. The van der Waals surface area contributed by atoms with Crippen LogP contribution in [-0.4, -0.2) is 12.6 Å². The highest BCUT2D eigenvalue weighted by atomic mass is 16.5. The number of carbonyl (C=O) groups is 1. The first kappa shape index (κ1) is 10.8. The van der Waals surface area contributed by atoms with Gasteiger partial charge in [-0.15, -0.1) is 0 Å². The smallest absolute Gasteiger partial charge is 0.338 e. The van der Waals surface area contributed by atoms with Crippen LogP contribution in [0, 0.1) is 6.92 Å². The van der Waals surface area contributed by atoms with Crippen LogP contribution >= 0.6 is 0 Å². The lowest BCUT2D eigenvalue weighted by molar-refractivity contribution is 0.0526. The van der Waals surface area contributed by atoms with Gasteiger partial charge in [0, 0.05) is 0 Å². The van der Waals surface area contributed by atoms with E-state index in [1.165, 1.54) is 5.56 Å². The fourth-order valence-corrected chi connectivity index (χ4v) is 1.23. The van der Waals surface area contributed by atoms with Gasteiger partial charge in [0.15, 0.2) is 0 Å². The predicted octanol–water partition coefficient (Wildman–Crippen LogP) is 2.63. The summed E-state index contributed by atoms with van der Waals surface area (Å²) in [5.41, 5.74) is 1.81. The Morgan fingerprint density at radius 3 is 2.50 bits per heavy atom. The van der Waals surface area contributed by atoms with Crippen molar-refractivity contribution in [1.29, 1.82) is 0 Å². The van der Waals surface area contributed by atoms with Crippen molar-refractivity contribution in [1.82, 2.24) is 0 Å². The molecule has 2 heteroatoms. The molecule has 14 heavy (non-hydrogen) atoms. The number of hydrogen-bond acceptors (Lipinski definition) is 2. The van der Waals surface area contributed by atoms with E-state index in [0.29, 0.717) is 12.2 Å². The fraction of sp³-hybridized carbons (Fsp3) is 0.333. The third-order valence-electron chi connectivity index (χ3n) is 1.93. The molecule has 0 spiro atoms. The third-order valence-corrected chi connectivity index (χ3v) is 1.93. The minimum atomic E-state index is -0.256. The molecule has 1 aromatic carbocycles. The van der Waals surface area contributed by atoms with Crippen LogP contribution in [0.15, 0.2) is 24.3 Å². The average molecular weight is 191 g/mol. The van der Waals surface area contributed by atoms with E-state index >= 15 is 0 Å². The summed E-state index contributed by atoms with van der Waals surface area (Å²) in [4.78, 5) is 11.3. The molecule has 0 bridgehead atoms. The van der Waals surface area contributed by atoms with Crippen LogP contribution in [0.1, 0.15) is 29.3 Å². The van der Waals surface area contributed by atoms with E-state index < -0.39 is 0 Å². The van der Waals surface area contributed by atoms with Crippen LogP contribution < -0.4 is 0 Å².